The summed E-state index contributed by atoms with van der Waals surface area (Å²) in [6, 6.07) is 6.38. The molecule has 0 radical (unpaired) electrons. The zero-order valence-corrected chi connectivity index (χ0v) is 16.4. The normalized spacial score (nSPS) is 26.2. The highest BCUT2D eigenvalue weighted by atomic mass is 32.2. The van der Waals surface area contributed by atoms with Crippen molar-refractivity contribution in [2.24, 2.45) is 0 Å². The van der Waals surface area contributed by atoms with Gasteiger partial charge >= 0.3 is 5.97 Å². The lowest BCUT2D eigenvalue weighted by molar-refractivity contribution is -0.158. The molecular formula is C19H22N4O3S. The molecule has 2 aliphatic rings. The van der Waals surface area contributed by atoms with E-state index >= 15 is 0 Å². The van der Waals surface area contributed by atoms with Gasteiger partial charge in [-0.2, -0.15) is 0 Å². The number of anilines is 1. The van der Waals surface area contributed by atoms with Gasteiger partial charge in [-0.3, -0.25) is 4.79 Å². The number of nitrogens with one attached hydrogen (secondary N) is 1. The fourth-order valence-electron chi connectivity index (χ4n) is 3.76. The zero-order chi connectivity index (χ0) is 19.5. The number of rotatable bonds is 4. The van der Waals surface area contributed by atoms with Crippen molar-refractivity contribution in [3.63, 3.8) is 0 Å². The van der Waals surface area contributed by atoms with E-state index in [1.54, 1.807) is 0 Å². The van der Waals surface area contributed by atoms with Crippen molar-refractivity contribution in [2.75, 3.05) is 5.32 Å². The van der Waals surface area contributed by atoms with E-state index in [1.807, 2.05) is 52.0 Å². The summed E-state index contributed by atoms with van der Waals surface area (Å²) >= 11 is 1.52. The molecule has 4 rings (SSSR count). The largest absolute Gasteiger partial charge is 0.480 e. The van der Waals surface area contributed by atoms with Crippen molar-refractivity contribution in [1.82, 2.24) is 14.9 Å². The van der Waals surface area contributed by atoms with Crippen LogP contribution in [0.3, 0.4) is 0 Å². The van der Waals surface area contributed by atoms with Gasteiger partial charge in [-0.1, -0.05) is 26.0 Å². The second kappa shape index (κ2) is 6.09. The molecule has 1 aromatic heterocycles. The van der Waals surface area contributed by atoms with E-state index in [1.165, 1.54) is 16.7 Å². The molecule has 2 fully saturated rings. The number of thioether (sulfide) groups is 1. The number of carbonyl (C=O) groups is 2. The summed E-state index contributed by atoms with van der Waals surface area (Å²) in [5.41, 5.74) is 0.824. The van der Waals surface area contributed by atoms with Crippen molar-refractivity contribution in [3.05, 3.63) is 30.1 Å². The molecule has 3 heterocycles. The first-order valence-electron chi connectivity index (χ1n) is 8.96. The smallest absolute Gasteiger partial charge is 0.327 e. The third-order valence-electron chi connectivity index (χ3n) is 5.10. The molecule has 142 valence electrons. The van der Waals surface area contributed by atoms with Crippen LogP contribution in [-0.4, -0.2) is 54.1 Å². The van der Waals surface area contributed by atoms with Crippen LogP contribution >= 0.6 is 11.8 Å². The molecule has 1 aromatic carbocycles. The Morgan fingerprint density at radius 2 is 2.00 bits per heavy atom. The molecule has 27 heavy (non-hydrogen) atoms. The maximum absolute atomic E-state index is 12.7. The quantitative estimate of drug-likeness (QED) is 0.780. The Labute approximate surface area is 161 Å². The lowest BCUT2D eigenvalue weighted by Gasteiger charge is -2.43. The molecule has 8 heteroatoms. The van der Waals surface area contributed by atoms with Crippen LogP contribution in [0.5, 0.6) is 0 Å². The van der Waals surface area contributed by atoms with E-state index in [9.17, 15) is 14.7 Å². The van der Waals surface area contributed by atoms with E-state index in [-0.39, 0.29) is 17.2 Å². The van der Waals surface area contributed by atoms with E-state index < -0.39 is 22.8 Å². The van der Waals surface area contributed by atoms with Crippen molar-refractivity contribution >= 4 is 40.4 Å². The van der Waals surface area contributed by atoms with Gasteiger partial charge < -0.3 is 15.3 Å². The van der Waals surface area contributed by atoms with E-state index in [0.717, 1.165) is 10.9 Å². The van der Waals surface area contributed by atoms with Crippen LogP contribution in [0.4, 0.5) is 5.82 Å². The summed E-state index contributed by atoms with van der Waals surface area (Å²) in [4.78, 5) is 35.1. The van der Waals surface area contributed by atoms with Crippen LogP contribution in [0.25, 0.3) is 10.9 Å². The van der Waals surface area contributed by atoms with Crippen LogP contribution in [0, 0.1) is 0 Å². The summed E-state index contributed by atoms with van der Waals surface area (Å²) in [6.07, 6.45) is 0. The molecule has 1 amide bonds. The van der Waals surface area contributed by atoms with Crippen LogP contribution in [0.2, 0.25) is 0 Å². The monoisotopic (exact) mass is 386 g/mol. The average molecular weight is 386 g/mol. The summed E-state index contributed by atoms with van der Waals surface area (Å²) in [6.45, 7) is 7.79. The highest BCUT2D eigenvalue weighted by Gasteiger charge is 2.64. The first-order chi connectivity index (χ1) is 12.7. The number of carboxylic acids is 1. The number of benzene rings is 1. The Bertz CT molecular complexity index is 946. The Morgan fingerprint density at radius 3 is 2.67 bits per heavy atom. The van der Waals surface area contributed by atoms with Crippen LogP contribution < -0.4 is 5.32 Å². The average Bonchev–Trinajstić information content (AvgIpc) is 2.87. The van der Waals surface area contributed by atoms with E-state index in [0.29, 0.717) is 11.6 Å². The number of carboxylic acid groups (broad SMARTS) is 1. The standard InChI is InChI=1S/C19H22N4O3S/c1-9(2)14-20-11-8-6-5-7-10(11)15(22-14)21-12-16(24)23-13(18(25)26)19(3,4)27-17(12)23/h5-9,12-13,17H,1-4H3,(H,25,26)(H,20,21,22). The predicted octanol–water partition coefficient (Wildman–Crippen LogP) is 2.68. The maximum atomic E-state index is 12.7. The topological polar surface area (TPSA) is 95.4 Å². The van der Waals surface area contributed by atoms with Gasteiger partial charge in [-0.05, 0) is 26.0 Å². The number of aliphatic carboxylic acids is 1. The third-order valence-corrected chi connectivity index (χ3v) is 6.68. The predicted molar refractivity (Wildman–Crippen MR) is 105 cm³/mol. The zero-order valence-electron chi connectivity index (χ0n) is 15.6. The molecule has 2 N–H and O–H groups in total. The van der Waals surface area contributed by atoms with Crippen molar-refractivity contribution < 1.29 is 14.7 Å². The summed E-state index contributed by atoms with van der Waals surface area (Å²) in [5, 5.41) is 13.5. The summed E-state index contributed by atoms with van der Waals surface area (Å²) < 4.78 is -0.542. The molecule has 0 saturated carbocycles. The second-order valence-corrected chi connectivity index (χ2v) is 9.59. The molecule has 2 aliphatic heterocycles. The van der Waals surface area contributed by atoms with Crippen LogP contribution in [-0.2, 0) is 9.59 Å². The number of hydrogen-bond acceptors (Lipinski definition) is 6. The Morgan fingerprint density at radius 1 is 1.30 bits per heavy atom. The number of fused-ring (bicyclic) bond motifs is 2. The lowest BCUT2D eigenvalue weighted by Crippen LogP contribution is -2.68. The van der Waals surface area contributed by atoms with Gasteiger partial charge in [-0.25, -0.2) is 14.8 Å². The van der Waals surface area contributed by atoms with Crippen molar-refractivity contribution in [1.29, 1.82) is 0 Å². The number of para-hydroxylation sites is 1. The van der Waals surface area contributed by atoms with Gasteiger partial charge in [0.25, 0.3) is 0 Å². The van der Waals surface area contributed by atoms with Gasteiger partial charge in [-0.15, -0.1) is 11.8 Å². The van der Waals surface area contributed by atoms with Gasteiger partial charge in [0.2, 0.25) is 5.91 Å². The molecule has 2 saturated heterocycles. The molecular weight excluding hydrogens is 364 g/mol. The van der Waals surface area contributed by atoms with Gasteiger partial charge in [0.1, 0.15) is 29.1 Å². The summed E-state index contributed by atoms with van der Waals surface area (Å²) in [5.74, 6) is 0.331. The molecule has 0 aliphatic carbocycles. The van der Waals surface area contributed by atoms with Crippen molar-refractivity contribution in [2.45, 2.75) is 55.8 Å². The minimum absolute atomic E-state index is 0.153. The lowest BCUT2D eigenvalue weighted by atomic mass is 9.96. The molecule has 2 aromatic rings. The summed E-state index contributed by atoms with van der Waals surface area (Å²) in [7, 11) is 0. The molecule has 0 bridgehead atoms. The van der Waals surface area contributed by atoms with Crippen LogP contribution in [0.1, 0.15) is 39.4 Å². The van der Waals surface area contributed by atoms with Crippen molar-refractivity contribution in [3.8, 4) is 0 Å². The number of aromatic nitrogens is 2. The number of hydrogen-bond donors (Lipinski definition) is 2. The first-order valence-corrected chi connectivity index (χ1v) is 9.84. The first kappa shape index (κ1) is 18.0. The molecule has 3 atom stereocenters. The maximum Gasteiger partial charge on any atom is 0.327 e. The number of β-lactam (4-membered cyclic amide) rings is 1. The number of amides is 1. The molecule has 3 unspecified atom stereocenters. The minimum atomic E-state index is -0.962. The minimum Gasteiger partial charge on any atom is -0.480 e. The van der Waals surface area contributed by atoms with E-state index in [4.69, 9.17) is 0 Å². The Hall–Kier alpha value is -2.35. The van der Waals surface area contributed by atoms with Gasteiger partial charge in [0.15, 0.2) is 0 Å². The van der Waals surface area contributed by atoms with E-state index in [2.05, 4.69) is 15.3 Å². The highest BCUT2D eigenvalue weighted by molar-refractivity contribution is 8.01. The van der Waals surface area contributed by atoms with Gasteiger partial charge in [0, 0.05) is 16.1 Å². The Balaban J connectivity index is 1.68. The molecule has 0 spiro atoms. The number of nitrogens with zero attached hydrogens (tertiary/aromatic N) is 3. The Kier molecular flexibility index (Phi) is 4.06. The SMILES string of the molecule is CC(C)c1nc(NC2C(=O)N3C2SC(C)(C)C3C(=O)O)c2ccccc2n1. The number of carbonyl (C=O) groups excluding carboxylic acids is 1. The third kappa shape index (κ3) is 2.74. The fourth-order valence-corrected chi connectivity index (χ4v) is 5.38. The highest BCUT2D eigenvalue weighted by Crippen LogP contribution is 2.51. The second-order valence-electron chi connectivity index (χ2n) is 7.82. The van der Waals surface area contributed by atoms with Gasteiger partial charge in [0.05, 0.1) is 5.52 Å². The van der Waals surface area contributed by atoms with Crippen LogP contribution in [0.15, 0.2) is 24.3 Å². The fraction of sp³-hybridized carbons (Fsp3) is 0.474. The molecule has 7 nitrogen and oxygen atoms in total.